The van der Waals surface area contributed by atoms with Crippen molar-refractivity contribution >= 4 is 31.5 Å². The maximum Gasteiger partial charge on any atom is 0.313 e. The zero-order chi connectivity index (χ0) is 12.1. The van der Waals surface area contributed by atoms with Crippen molar-refractivity contribution in [3.05, 3.63) is 29.8 Å². The van der Waals surface area contributed by atoms with Gasteiger partial charge >= 0.3 is 11.8 Å². The molecule has 0 radical (unpaired) electrons. The van der Waals surface area contributed by atoms with E-state index in [0.29, 0.717) is 0 Å². The SMILES string of the molecule is NC(=O)C(=O)Nc1cccc(C(=O)P=O)c1. The minimum absolute atomic E-state index is 0.166. The first-order chi connectivity index (χ1) is 7.54. The number of anilines is 1. The van der Waals surface area contributed by atoms with E-state index in [2.05, 4.69) is 5.32 Å². The standard InChI is InChI=1S/C9H7N2O4P/c10-7(12)8(13)11-6-3-1-2-5(4-6)9(14)16-15/h1-4H,(H2,10,12)(H,11,13). The van der Waals surface area contributed by atoms with Crippen molar-refractivity contribution in [2.75, 3.05) is 5.32 Å². The summed E-state index contributed by atoms with van der Waals surface area (Å²) in [4.78, 5) is 32.5. The fraction of sp³-hybridized carbons (Fsp3) is 0. The maximum atomic E-state index is 11.1. The van der Waals surface area contributed by atoms with Gasteiger partial charge in [0.25, 0.3) is 5.52 Å². The Hall–Kier alpha value is -2.07. The third-order valence-corrected chi connectivity index (χ3v) is 2.10. The van der Waals surface area contributed by atoms with Crippen LogP contribution < -0.4 is 11.1 Å². The molecule has 3 N–H and O–H groups in total. The van der Waals surface area contributed by atoms with Gasteiger partial charge in [-0.3, -0.25) is 18.9 Å². The van der Waals surface area contributed by atoms with Crippen LogP contribution >= 0.6 is 8.46 Å². The lowest BCUT2D eigenvalue weighted by Crippen LogP contribution is -2.29. The van der Waals surface area contributed by atoms with Gasteiger partial charge in [-0.2, -0.15) is 0 Å². The molecule has 0 aliphatic heterocycles. The summed E-state index contributed by atoms with van der Waals surface area (Å²) in [5.74, 6) is -2.11. The molecule has 16 heavy (non-hydrogen) atoms. The summed E-state index contributed by atoms with van der Waals surface area (Å²) in [7, 11) is -0.639. The molecule has 0 saturated carbocycles. The van der Waals surface area contributed by atoms with Crippen molar-refractivity contribution in [2.24, 2.45) is 5.73 Å². The summed E-state index contributed by atoms with van der Waals surface area (Å²) in [5, 5.41) is 2.19. The minimum Gasteiger partial charge on any atom is -0.361 e. The number of nitrogens with one attached hydrogen (secondary N) is 1. The van der Waals surface area contributed by atoms with Crippen LogP contribution in [0.3, 0.4) is 0 Å². The summed E-state index contributed by atoms with van der Waals surface area (Å²) in [6.45, 7) is 0. The van der Waals surface area contributed by atoms with E-state index in [4.69, 9.17) is 5.73 Å². The van der Waals surface area contributed by atoms with Crippen molar-refractivity contribution in [3.8, 4) is 0 Å². The summed E-state index contributed by atoms with van der Waals surface area (Å²) in [6.07, 6.45) is 0. The molecule has 2 amide bonds. The van der Waals surface area contributed by atoms with E-state index in [1.165, 1.54) is 24.3 Å². The first-order valence-electron chi connectivity index (χ1n) is 4.13. The molecule has 1 aromatic carbocycles. The Balaban J connectivity index is 2.91. The average molecular weight is 238 g/mol. The molecule has 0 spiro atoms. The molecule has 0 aromatic heterocycles. The van der Waals surface area contributed by atoms with Gasteiger partial charge in [-0.05, 0) is 12.1 Å². The van der Waals surface area contributed by atoms with Gasteiger partial charge in [0, 0.05) is 11.3 Å². The van der Waals surface area contributed by atoms with Gasteiger partial charge in [0.05, 0.1) is 0 Å². The van der Waals surface area contributed by atoms with Crippen LogP contribution in [-0.4, -0.2) is 17.3 Å². The molecule has 0 bridgehead atoms. The van der Waals surface area contributed by atoms with Crippen molar-refractivity contribution in [1.29, 1.82) is 0 Å². The molecule has 0 saturated heterocycles. The van der Waals surface area contributed by atoms with Crippen LogP contribution in [0.25, 0.3) is 0 Å². The fourth-order valence-electron chi connectivity index (χ4n) is 0.975. The molecule has 0 aliphatic carbocycles. The summed E-state index contributed by atoms with van der Waals surface area (Å²) < 4.78 is 10.3. The summed E-state index contributed by atoms with van der Waals surface area (Å²) in [5.41, 5.74) is 4.52. The Labute approximate surface area is 92.0 Å². The lowest BCUT2D eigenvalue weighted by molar-refractivity contribution is -0.134. The van der Waals surface area contributed by atoms with E-state index in [-0.39, 0.29) is 11.3 Å². The smallest absolute Gasteiger partial charge is 0.313 e. The number of hydrogen-bond donors (Lipinski definition) is 2. The molecule has 0 atom stereocenters. The van der Waals surface area contributed by atoms with Crippen LogP contribution in [-0.2, 0) is 14.2 Å². The van der Waals surface area contributed by atoms with Gasteiger partial charge in [0.1, 0.15) is 0 Å². The Kier molecular flexibility index (Phi) is 3.85. The summed E-state index contributed by atoms with van der Waals surface area (Å²) >= 11 is 0. The predicted molar refractivity (Wildman–Crippen MR) is 56.2 cm³/mol. The van der Waals surface area contributed by atoms with Crippen molar-refractivity contribution in [3.63, 3.8) is 0 Å². The Morgan fingerprint density at radius 3 is 2.50 bits per heavy atom. The third-order valence-electron chi connectivity index (χ3n) is 1.67. The van der Waals surface area contributed by atoms with Gasteiger partial charge in [0.15, 0.2) is 0 Å². The van der Waals surface area contributed by atoms with Crippen LogP contribution in [0.4, 0.5) is 5.69 Å². The highest BCUT2D eigenvalue weighted by Gasteiger charge is 2.10. The van der Waals surface area contributed by atoms with Crippen LogP contribution in [0.2, 0.25) is 0 Å². The molecule has 0 aliphatic rings. The number of carbonyl (C=O) groups excluding carboxylic acids is 3. The fourth-order valence-corrected chi connectivity index (χ4v) is 1.22. The minimum atomic E-state index is -1.13. The van der Waals surface area contributed by atoms with E-state index in [1.807, 2.05) is 0 Å². The Bertz CT molecular complexity index is 472. The topological polar surface area (TPSA) is 106 Å². The molecule has 82 valence electrons. The van der Waals surface area contributed by atoms with Crippen molar-refractivity contribution in [1.82, 2.24) is 0 Å². The van der Waals surface area contributed by atoms with Gasteiger partial charge in [0.2, 0.25) is 8.46 Å². The molecule has 0 heterocycles. The second-order valence-corrected chi connectivity index (χ2v) is 3.38. The van der Waals surface area contributed by atoms with Crippen molar-refractivity contribution < 1.29 is 18.9 Å². The predicted octanol–water partition coefficient (Wildman–Crippen LogP) is 0.542. The van der Waals surface area contributed by atoms with Crippen molar-refractivity contribution in [2.45, 2.75) is 0 Å². The number of rotatable bonds is 3. The average Bonchev–Trinajstić information content (AvgIpc) is 2.28. The number of carbonyl (C=O) groups is 3. The van der Waals surface area contributed by atoms with E-state index in [1.54, 1.807) is 0 Å². The molecular formula is C9H7N2O4P. The van der Waals surface area contributed by atoms with E-state index in [0.717, 1.165) is 0 Å². The maximum absolute atomic E-state index is 11.1. The van der Waals surface area contributed by atoms with Gasteiger partial charge in [-0.15, -0.1) is 0 Å². The van der Waals surface area contributed by atoms with Crippen LogP contribution in [0.15, 0.2) is 24.3 Å². The molecule has 0 unspecified atom stereocenters. The molecule has 1 rings (SSSR count). The Morgan fingerprint density at radius 1 is 1.25 bits per heavy atom. The first-order valence-corrected chi connectivity index (χ1v) is 4.94. The number of benzene rings is 1. The monoisotopic (exact) mass is 238 g/mol. The van der Waals surface area contributed by atoms with Gasteiger partial charge < -0.3 is 11.1 Å². The number of amides is 2. The molecule has 6 nitrogen and oxygen atoms in total. The molecular weight excluding hydrogens is 231 g/mol. The van der Waals surface area contributed by atoms with Crippen LogP contribution in [0.5, 0.6) is 0 Å². The van der Waals surface area contributed by atoms with E-state index >= 15 is 0 Å². The van der Waals surface area contributed by atoms with Gasteiger partial charge in [-0.1, -0.05) is 12.1 Å². The van der Waals surface area contributed by atoms with Gasteiger partial charge in [-0.25, -0.2) is 0 Å². The lowest BCUT2D eigenvalue weighted by Gasteiger charge is -2.02. The summed E-state index contributed by atoms with van der Waals surface area (Å²) in [6, 6.07) is 5.69. The lowest BCUT2D eigenvalue weighted by atomic mass is 10.2. The quantitative estimate of drug-likeness (QED) is 0.592. The largest absolute Gasteiger partial charge is 0.361 e. The molecule has 0 fully saturated rings. The van der Waals surface area contributed by atoms with E-state index in [9.17, 15) is 18.9 Å². The molecule has 7 heteroatoms. The highest BCUT2D eigenvalue weighted by Crippen LogP contribution is 2.14. The highest BCUT2D eigenvalue weighted by atomic mass is 31.1. The second kappa shape index (κ2) is 5.14. The second-order valence-electron chi connectivity index (χ2n) is 2.80. The number of primary amides is 1. The highest BCUT2D eigenvalue weighted by molar-refractivity contribution is 7.47. The normalized spacial score (nSPS) is 9.75. The zero-order valence-corrected chi connectivity index (χ0v) is 8.86. The third kappa shape index (κ3) is 2.96. The molecule has 1 aromatic rings. The Morgan fingerprint density at radius 2 is 1.94 bits per heavy atom. The number of hydrogen-bond acceptors (Lipinski definition) is 4. The number of nitrogens with two attached hydrogens (primary N) is 1. The zero-order valence-electron chi connectivity index (χ0n) is 7.97. The van der Waals surface area contributed by atoms with Crippen LogP contribution in [0, 0.1) is 0 Å². The van der Waals surface area contributed by atoms with E-state index < -0.39 is 25.8 Å². The van der Waals surface area contributed by atoms with Crippen LogP contribution in [0.1, 0.15) is 10.4 Å². The first kappa shape index (κ1) is 12.0.